The van der Waals surface area contributed by atoms with Crippen LogP contribution in [0.4, 0.5) is 0 Å². The van der Waals surface area contributed by atoms with E-state index in [1.54, 1.807) is 5.01 Å². The Balaban J connectivity index is 1.67. The summed E-state index contributed by atoms with van der Waals surface area (Å²) in [6.07, 6.45) is 4.04. The van der Waals surface area contributed by atoms with Crippen LogP contribution >= 0.6 is 0 Å². The zero-order valence-electron chi connectivity index (χ0n) is 19.4. The van der Waals surface area contributed by atoms with Gasteiger partial charge in [-0.15, -0.1) is 0 Å². The minimum atomic E-state index is -0.280. The molecule has 0 aliphatic heterocycles. The third-order valence-electron chi connectivity index (χ3n) is 5.42. The van der Waals surface area contributed by atoms with Gasteiger partial charge < -0.3 is 9.88 Å². The van der Waals surface area contributed by atoms with Crippen LogP contribution < -0.4 is 5.43 Å². The lowest BCUT2D eigenvalue weighted by Gasteiger charge is -2.31. The van der Waals surface area contributed by atoms with Gasteiger partial charge in [0.15, 0.2) is 0 Å². The molecule has 7 heteroatoms. The van der Waals surface area contributed by atoms with E-state index in [4.69, 9.17) is 0 Å². The Kier molecular flexibility index (Phi) is 8.03. The number of amides is 2. The number of likely N-dealkylation sites (N-methyl/N-ethyl adjacent to an activating group) is 2. The van der Waals surface area contributed by atoms with E-state index in [1.807, 2.05) is 37.4 Å². The van der Waals surface area contributed by atoms with Crippen LogP contribution in [0.25, 0.3) is 10.9 Å². The van der Waals surface area contributed by atoms with Crippen molar-refractivity contribution in [2.75, 3.05) is 34.2 Å². The molecule has 0 saturated heterocycles. The molecular weight excluding hydrogens is 402 g/mol. The predicted molar refractivity (Wildman–Crippen MR) is 128 cm³/mol. The summed E-state index contributed by atoms with van der Waals surface area (Å²) in [7, 11) is 5.97. The Morgan fingerprint density at radius 3 is 2.38 bits per heavy atom. The van der Waals surface area contributed by atoms with Gasteiger partial charge in [-0.1, -0.05) is 36.4 Å². The van der Waals surface area contributed by atoms with Gasteiger partial charge in [0.25, 0.3) is 5.91 Å². The molecule has 0 aliphatic rings. The van der Waals surface area contributed by atoms with E-state index in [9.17, 15) is 9.59 Å². The normalized spacial score (nSPS) is 11.3. The van der Waals surface area contributed by atoms with Crippen molar-refractivity contribution >= 4 is 22.7 Å². The molecule has 0 fully saturated rings. The summed E-state index contributed by atoms with van der Waals surface area (Å²) >= 11 is 0. The molecule has 0 aliphatic carbocycles. The second kappa shape index (κ2) is 10.9. The van der Waals surface area contributed by atoms with E-state index in [-0.39, 0.29) is 18.2 Å². The highest BCUT2D eigenvalue weighted by Gasteiger charge is 2.20. The Bertz CT molecular complexity index is 1040. The average Bonchev–Trinajstić information content (AvgIpc) is 3.17. The molecule has 3 aromatic rings. The molecule has 0 bridgehead atoms. The monoisotopic (exact) mass is 435 g/mol. The molecular formula is C25H33N5O2. The Labute approximate surface area is 189 Å². The van der Waals surface area contributed by atoms with Crippen LogP contribution in [0.2, 0.25) is 0 Å². The molecule has 1 heterocycles. The number of nitrogens with one attached hydrogen (secondary N) is 2. The van der Waals surface area contributed by atoms with Crippen LogP contribution in [-0.2, 0) is 28.9 Å². The number of nitrogens with zero attached hydrogens (tertiary/aromatic N) is 3. The summed E-state index contributed by atoms with van der Waals surface area (Å²) in [5.74, 6) is -0.460. The standard InChI is InChI=1S/C25H33N5O2/c1-19(31)27-30(25(32)17-20-8-6-5-7-9-20)29(4)15-12-21-10-11-24-23(16-21)22(18-26-24)13-14-28(2)3/h5-11,16,18,26H,12-15,17H2,1-4H3,(H,27,31). The zero-order chi connectivity index (χ0) is 23.1. The molecule has 2 amide bonds. The fourth-order valence-corrected chi connectivity index (χ4v) is 3.66. The summed E-state index contributed by atoms with van der Waals surface area (Å²) in [4.78, 5) is 30.1. The number of hydrazine groups is 2. The van der Waals surface area contributed by atoms with Gasteiger partial charge in [-0.3, -0.25) is 15.0 Å². The molecule has 32 heavy (non-hydrogen) atoms. The van der Waals surface area contributed by atoms with Crippen molar-refractivity contribution in [2.24, 2.45) is 0 Å². The summed E-state index contributed by atoms with van der Waals surface area (Å²) in [6.45, 7) is 2.99. The van der Waals surface area contributed by atoms with Crippen LogP contribution in [0.3, 0.4) is 0 Å². The Morgan fingerprint density at radius 1 is 0.938 bits per heavy atom. The van der Waals surface area contributed by atoms with Crippen molar-refractivity contribution in [1.29, 1.82) is 0 Å². The second-order valence-electron chi connectivity index (χ2n) is 8.41. The number of aromatic amines is 1. The van der Waals surface area contributed by atoms with Gasteiger partial charge in [-0.2, -0.15) is 5.12 Å². The van der Waals surface area contributed by atoms with Gasteiger partial charge in [0.2, 0.25) is 5.91 Å². The van der Waals surface area contributed by atoms with Gasteiger partial charge in [0.1, 0.15) is 0 Å². The van der Waals surface area contributed by atoms with Crippen molar-refractivity contribution in [1.82, 2.24) is 25.4 Å². The zero-order valence-corrected chi connectivity index (χ0v) is 19.4. The van der Waals surface area contributed by atoms with Crippen LogP contribution in [0, 0.1) is 0 Å². The largest absolute Gasteiger partial charge is 0.361 e. The molecule has 2 aromatic carbocycles. The number of fused-ring (bicyclic) bond motifs is 1. The molecule has 7 nitrogen and oxygen atoms in total. The van der Waals surface area contributed by atoms with Crippen molar-refractivity contribution < 1.29 is 9.59 Å². The van der Waals surface area contributed by atoms with E-state index >= 15 is 0 Å². The molecule has 0 unspecified atom stereocenters. The van der Waals surface area contributed by atoms with Crippen molar-refractivity contribution in [3.05, 3.63) is 71.4 Å². The van der Waals surface area contributed by atoms with Gasteiger partial charge in [0.05, 0.1) is 6.42 Å². The summed E-state index contributed by atoms with van der Waals surface area (Å²) < 4.78 is 0. The molecule has 170 valence electrons. The van der Waals surface area contributed by atoms with Gasteiger partial charge in [0, 0.05) is 44.2 Å². The van der Waals surface area contributed by atoms with Crippen LogP contribution in [-0.4, -0.2) is 66.1 Å². The molecule has 2 N–H and O–H groups in total. The molecule has 3 rings (SSSR count). The SMILES string of the molecule is CC(=O)NN(C(=O)Cc1ccccc1)N(C)CCc1ccc2[nH]cc(CCN(C)C)c2c1. The van der Waals surface area contributed by atoms with Crippen molar-refractivity contribution in [2.45, 2.75) is 26.2 Å². The highest BCUT2D eigenvalue weighted by molar-refractivity contribution is 5.84. The third-order valence-corrected chi connectivity index (χ3v) is 5.42. The van der Waals surface area contributed by atoms with Crippen molar-refractivity contribution in [3.63, 3.8) is 0 Å². The summed E-state index contributed by atoms with van der Waals surface area (Å²) in [6, 6.07) is 16.0. The lowest BCUT2D eigenvalue weighted by molar-refractivity contribution is -0.160. The fourth-order valence-electron chi connectivity index (χ4n) is 3.66. The Hall–Kier alpha value is -3.16. The van der Waals surface area contributed by atoms with Crippen LogP contribution in [0.1, 0.15) is 23.6 Å². The molecule has 0 atom stereocenters. The smallest absolute Gasteiger partial charge is 0.260 e. The first-order chi connectivity index (χ1) is 15.3. The number of rotatable bonds is 9. The average molecular weight is 436 g/mol. The third kappa shape index (κ3) is 6.42. The number of aromatic nitrogens is 1. The predicted octanol–water partition coefficient (Wildman–Crippen LogP) is 2.78. The lowest BCUT2D eigenvalue weighted by atomic mass is 10.1. The first-order valence-electron chi connectivity index (χ1n) is 10.9. The first-order valence-corrected chi connectivity index (χ1v) is 10.9. The minimum Gasteiger partial charge on any atom is -0.361 e. The molecule has 0 saturated carbocycles. The maximum absolute atomic E-state index is 12.9. The molecule has 0 radical (unpaired) electrons. The van der Waals surface area contributed by atoms with Crippen molar-refractivity contribution in [3.8, 4) is 0 Å². The van der Waals surface area contributed by atoms with E-state index in [2.05, 4.69) is 53.8 Å². The summed E-state index contributed by atoms with van der Waals surface area (Å²) in [5, 5.41) is 4.33. The van der Waals surface area contributed by atoms with Gasteiger partial charge in [-0.05, 0) is 55.8 Å². The number of carbonyl (C=O) groups is 2. The number of hydrogen-bond donors (Lipinski definition) is 2. The summed E-state index contributed by atoms with van der Waals surface area (Å²) in [5.41, 5.74) is 7.19. The van der Waals surface area contributed by atoms with E-state index in [1.165, 1.54) is 28.6 Å². The maximum Gasteiger partial charge on any atom is 0.260 e. The van der Waals surface area contributed by atoms with Gasteiger partial charge in [-0.25, -0.2) is 5.01 Å². The highest BCUT2D eigenvalue weighted by atomic mass is 16.2. The van der Waals surface area contributed by atoms with E-state index in [0.29, 0.717) is 6.54 Å². The maximum atomic E-state index is 12.9. The van der Waals surface area contributed by atoms with E-state index in [0.717, 1.165) is 30.5 Å². The van der Waals surface area contributed by atoms with Crippen LogP contribution in [0.5, 0.6) is 0 Å². The number of carbonyl (C=O) groups excluding carboxylic acids is 2. The highest BCUT2D eigenvalue weighted by Crippen LogP contribution is 2.21. The first kappa shape index (κ1) is 23.5. The number of H-pyrrole nitrogens is 1. The van der Waals surface area contributed by atoms with Crippen LogP contribution in [0.15, 0.2) is 54.7 Å². The van der Waals surface area contributed by atoms with E-state index < -0.39 is 0 Å². The number of benzene rings is 2. The lowest BCUT2D eigenvalue weighted by Crippen LogP contribution is -2.55. The fraction of sp³-hybridized carbons (Fsp3) is 0.360. The molecule has 0 spiro atoms. The topological polar surface area (TPSA) is 71.7 Å². The molecule has 1 aromatic heterocycles. The Morgan fingerprint density at radius 2 is 1.69 bits per heavy atom. The quantitative estimate of drug-likeness (QED) is 0.507. The second-order valence-corrected chi connectivity index (χ2v) is 8.41. The number of hydrogen-bond acceptors (Lipinski definition) is 4. The minimum absolute atomic E-state index is 0.180. The van der Waals surface area contributed by atoms with Gasteiger partial charge >= 0.3 is 0 Å².